The molecule has 2 rings (SSSR count). The summed E-state index contributed by atoms with van der Waals surface area (Å²) >= 11 is 0. The van der Waals surface area contributed by atoms with E-state index in [0.717, 1.165) is 26.3 Å². The molecular weight excluding hydrogens is 212 g/mol. The second-order valence-electron chi connectivity index (χ2n) is 4.86. The fourth-order valence-electron chi connectivity index (χ4n) is 2.30. The molecule has 3 heteroatoms. The summed E-state index contributed by atoms with van der Waals surface area (Å²) in [5.74, 6) is 0. The minimum Gasteiger partial charge on any atom is -0.378 e. The highest BCUT2D eigenvalue weighted by molar-refractivity contribution is 5.30. The van der Waals surface area contributed by atoms with Gasteiger partial charge in [0.15, 0.2) is 0 Å². The summed E-state index contributed by atoms with van der Waals surface area (Å²) < 4.78 is 5.47. The predicted molar refractivity (Wildman–Crippen MR) is 70.0 cm³/mol. The van der Waals surface area contributed by atoms with E-state index in [1.807, 2.05) is 0 Å². The Morgan fingerprint density at radius 3 is 3.00 bits per heavy atom. The van der Waals surface area contributed by atoms with Crippen LogP contribution < -0.4 is 5.73 Å². The Balaban J connectivity index is 2.10. The SMILES string of the molecule is Cc1ccc(C)c(CN2CCOCC2CN)c1. The van der Waals surface area contributed by atoms with Gasteiger partial charge in [-0.3, -0.25) is 4.90 Å². The molecule has 1 heterocycles. The van der Waals surface area contributed by atoms with Gasteiger partial charge in [-0.05, 0) is 25.0 Å². The van der Waals surface area contributed by atoms with Crippen molar-refractivity contribution in [2.24, 2.45) is 5.73 Å². The van der Waals surface area contributed by atoms with E-state index >= 15 is 0 Å². The number of hydrogen-bond donors (Lipinski definition) is 1. The zero-order valence-electron chi connectivity index (χ0n) is 10.8. The van der Waals surface area contributed by atoms with Crippen LogP contribution in [0.5, 0.6) is 0 Å². The Hall–Kier alpha value is -0.900. The summed E-state index contributed by atoms with van der Waals surface area (Å²) in [6, 6.07) is 7.00. The molecule has 0 bridgehead atoms. The molecule has 0 aromatic heterocycles. The number of ether oxygens (including phenoxy) is 1. The van der Waals surface area contributed by atoms with Crippen LogP contribution in [0.3, 0.4) is 0 Å². The first kappa shape index (κ1) is 12.6. The van der Waals surface area contributed by atoms with Crippen molar-refractivity contribution >= 4 is 0 Å². The van der Waals surface area contributed by atoms with E-state index in [0.29, 0.717) is 12.6 Å². The zero-order chi connectivity index (χ0) is 12.3. The van der Waals surface area contributed by atoms with E-state index < -0.39 is 0 Å². The molecule has 0 saturated carbocycles. The van der Waals surface area contributed by atoms with Gasteiger partial charge >= 0.3 is 0 Å². The summed E-state index contributed by atoms with van der Waals surface area (Å²) in [5.41, 5.74) is 9.88. The van der Waals surface area contributed by atoms with Crippen molar-refractivity contribution in [3.05, 3.63) is 34.9 Å². The van der Waals surface area contributed by atoms with Crippen LogP contribution in [0.25, 0.3) is 0 Å². The van der Waals surface area contributed by atoms with Crippen LogP contribution in [-0.4, -0.2) is 37.2 Å². The van der Waals surface area contributed by atoms with Crippen molar-refractivity contribution in [3.8, 4) is 0 Å². The smallest absolute Gasteiger partial charge is 0.0634 e. The molecule has 2 N–H and O–H groups in total. The Morgan fingerprint density at radius 2 is 2.24 bits per heavy atom. The Morgan fingerprint density at radius 1 is 1.41 bits per heavy atom. The van der Waals surface area contributed by atoms with E-state index in [9.17, 15) is 0 Å². The molecule has 1 aromatic rings. The Bertz CT molecular complexity index is 378. The summed E-state index contributed by atoms with van der Waals surface area (Å²) in [7, 11) is 0. The van der Waals surface area contributed by atoms with E-state index in [-0.39, 0.29) is 0 Å². The highest BCUT2D eigenvalue weighted by atomic mass is 16.5. The van der Waals surface area contributed by atoms with Gasteiger partial charge in [0.05, 0.1) is 13.2 Å². The molecule has 1 saturated heterocycles. The molecule has 0 radical (unpaired) electrons. The highest BCUT2D eigenvalue weighted by Gasteiger charge is 2.21. The van der Waals surface area contributed by atoms with Crippen molar-refractivity contribution < 1.29 is 4.74 Å². The molecule has 1 atom stereocenters. The highest BCUT2D eigenvalue weighted by Crippen LogP contribution is 2.16. The minimum absolute atomic E-state index is 0.365. The summed E-state index contributed by atoms with van der Waals surface area (Å²) in [6.07, 6.45) is 0. The van der Waals surface area contributed by atoms with Crippen LogP contribution in [0.4, 0.5) is 0 Å². The van der Waals surface area contributed by atoms with Gasteiger partial charge in [0.25, 0.3) is 0 Å². The lowest BCUT2D eigenvalue weighted by atomic mass is 10.0. The third-order valence-corrected chi connectivity index (χ3v) is 3.50. The van der Waals surface area contributed by atoms with Crippen LogP contribution in [-0.2, 0) is 11.3 Å². The second-order valence-corrected chi connectivity index (χ2v) is 4.86. The maximum atomic E-state index is 5.79. The molecule has 0 spiro atoms. The van der Waals surface area contributed by atoms with Gasteiger partial charge in [-0.15, -0.1) is 0 Å². The lowest BCUT2D eigenvalue weighted by Gasteiger charge is -2.35. The summed E-state index contributed by atoms with van der Waals surface area (Å²) in [6.45, 7) is 8.54. The fraction of sp³-hybridized carbons (Fsp3) is 0.571. The molecule has 1 unspecified atom stereocenters. The van der Waals surface area contributed by atoms with E-state index in [1.165, 1.54) is 16.7 Å². The average molecular weight is 234 g/mol. The number of aryl methyl sites for hydroxylation is 2. The molecule has 1 fully saturated rings. The molecule has 1 aromatic carbocycles. The van der Waals surface area contributed by atoms with E-state index in [4.69, 9.17) is 10.5 Å². The van der Waals surface area contributed by atoms with E-state index in [2.05, 4.69) is 36.9 Å². The lowest BCUT2D eigenvalue weighted by molar-refractivity contribution is -0.00800. The quantitative estimate of drug-likeness (QED) is 0.860. The average Bonchev–Trinajstić information content (AvgIpc) is 2.34. The van der Waals surface area contributed by atoms with Gasteiger partial charge in [0.2, 0.25) is 0 Å². The largest absolute Gasteiger partial charge is 0.378 e. The fourth-order valence-corrected chi connectivity index (χ4v) is 2.30. The van der Waals surface area contributed by atoms with Crippen LogP contribution in [0, 0.1) is 13.8 Å². The van der Waals surface area contributed by atoms with E-state index in [1.54, 1.807) is 0 Å². The molecule has 0 amide bonds. The maximum absolute atomic E-state index is 5.79. The number of hydrogen-bond acceptors (Lipinski definition) is 3. The number of morpholine rings is 1. The number of rotatable bonds is 3. The van der Waals surface area contributed by atoms with Gasteiger partial charge in [0, 0.05) is 25.7 Å². The monoisotopic (exact) mass is 234 g/mol. The second kappa shape index (κ2) is 5.63. The van der Waals surface area contributed by atoms with Crippen molar-refractivity contribution in [2.45, 2.75) is 26.4 Å². The summed E-state index contributed by atoms with van der Waals surface area (Å²) in [4.78, 5) is 2.44. The molecule has 94 valence electrons. The van der Waals surface area contributed by atoms with Gasteiger partial charge < -0.3 is 10.5 Å². The number of nitrogens with zero attached hydrogens (tertiary/aromatic N) is 1. The lowest BCUT2D eigenvalue weighted by Crippen LogP contribution is -2.48. The first-order valence-electron chi connectivity index (χ1n) is 6.28. The minimum atomic E-state index is 0.365. The van der Waals surface area contributed by atoms with Crippen LogP contribution in [0.2, 0.25) is 0 Å². The third-order valence-electron chi connectivity index (χ3n) is 3.50. The van der Waals surface area contributed by atoms with Crippen molar-refractivity contribution in [1.29, 1.82) is 0 Å². The first-order valence-corrected chi connectivity index (χ1v) is 6.28. The normalized spacial score (nSPS) is 21.7. The van der Waals surface area contributed by atoms with Gasteiger partial charge in [-0.1, -0.05) is 23.8 Å². The Labute approximate surface area is 104 Å². The molecule has 3 nitrogen and oxygen atoms in total. The molecule has 0 aliphatic carbocycles. The number of benzene rings is 1. The molecule has 17 heavy (non-hydrogen) atoms. The Kier molecular flexibility index (Phi) is 4.15. The maximum Gasteiger partial charge on any atom is 0.0634 e. The van der Waals surface area contributed by atoms with Crippen molar-refractivity contribution in [1.82, 2.24) is 4.90 Å². The number of nitrogens with two attached hydrogens (primary N) is 1. The first-order chi connectivity index (χ1) is 8.20. The summed E-state index contributed by atoms with van der Waals surface area (Å²) in [5, 5.41) is 0. The third kappa shape index (κ3) is 3.06. The van der Waals surface area contributed by atoms with Crippen molar-refractivity contribution in [2.75, 3.05) is 26.3 Å². The zero-order valence-corrected chi connectivity index (χ0v) is 10.8. The molecule has 1 aliphatic heterocycles. The van der Waals surface area contributed by atoms with Gasteiger partial charge in [-0.2, -0.15) is 0 Å². The standard InChI is InChI=1S/C14H22N2O/c1-11-3-4-12(2)13(7-11)9-16-5-6-17-10-14(16)8-15/h3-4,7,14H,5-6,8-10,15H2,1-2H3. The molecular formula is C14H22N2O. The van der Waals surface area contributed by atoms with Crippen LogP contribution >= 0.6 is 0 Å². The molecule has 1 aliphatic rings. The van der Waals surface area contributed by atoms with Gasteiger partial charge in [0.1, 0.15) is 0 Å². The predicted octanol–water partition coefficient (Wildman–Crippen LogP) is 1.46. The van der Waals surface area contributed by atoms with Crippen LogP contribution in [0.15, 0.2) is 18.2 Å². The van der Waals surface area contributed by atoms with Crippen molar-refractivity contribution in [3.63, 3.8) is 0 Å². The topological polar surface area (TPSA) is 38.5 Å². The van der Waals surface area contributed by atoms with Gasteiger partial charge in [-0.25, -0.2) is 0 Å². The van der Waals surface area contributed by atoms with Crippen LogP contribution in [0.1, 0.15) is 16.7 Å².